The van der Waals surface area contributed by atoms with Gasteiger partial charge in [-0.15, -0.1) is 34.2 Å². The van der Waals surface area contributed by atoms with Crippen LogP contribution < -0.4 is 5.32 Å². The molecule has 1 aromatic rings. The van der Waals surface area contributed by atoms with E-state index in [0.29, 0.717) is 13.2 Å². The van der Waals surface area contributed by atoms with Crippen LogP contribution in [0.15, 0.2) is 11.3 Å². The molecule has 1 fully saturated rings. The van der Waals surface area contributed by atoms with E-state index in [1.165, 1.54) is 0 Å². The topological polar surface area (TPSA) is 84.6 Å². The highest BCUT2D eigenvalue weighted by Crippen LogP contribution is 2.18. The van der Waals surface area contributed by atoms with E-state index in [2.05, 4.69) is 38.8 Å². The minimum absolute atomic E-state index is 0. The van der Waals surface area contributed by atoms with Crippen molar-refractivity contribution in [2.75, 3.05) is 32.8 Å². The van der Waals surface area contributed by atoms with Crippen molar-refractivity contribution in [2.24, 2.45) is 10.9 Å². The summed E-state index contributed by atoms with van der Waals surface area (Å²) in [7, 11) is 0. The Labute approximate surface area is 185 Å². The predicted octanol–water partition coefficient (Wildman–Crippen LogP) is 2.48. The molecule has 2 heterocycles. The lowest BCUT2D eigenvalue weighted by Gasteiger charge is -2.34. The summed E-state index contributed by atoms with van der Waals surface area (Å²) in [5, 5.41) is 11.6. The van der Waals surface area contributed by atoms with Gasteiger partial charge in [-0.1, -0.05) is 20.3 Å². The second kappa shape index (κ2) is 13.7. The van der Waals surface area contributed by atoms with Crippen molar-refractivity contribution in [1.82, 2.24) is 25.0 Å². The number of piperidine rings is 1. The van der Waals surface area contributed by atoms with Gasteiger partial charge in [0.15, 0.2) is 5.96 Å². The molecule has 1 atom stereocenters. The molecule has 0 bridgehead atoms. The number of halogens is 1. The van der Waals surface area contributed by atoms with E-state index >= 15 is 0 Å². The zero-order valence-corrected chi connectivity index (χ0v) is 19.7. The minimum Gasteiger partial charge on any atom is -0.466 e. The lowest BCUT2D eigenvalue weighted by molar-refractivity contribution is -0.149. The van der Waals surface area contributed by atoms with Crippen LogP contribution in [-0.4, -0.2) is 64.4 Å². The van der Waals surface area contributed by atoms with Crippen LogP contribution in [0.25, 0.3) is 0 Å². The first-order valence-corrected chi connectivity index (χ1v) is 10.3. The molecule has 8 nitrogen and oxygen atoms in total. The van der Waals surface area contributed by atoms with Crippen molar-refractivity contribution >= 4 is 35.9 Å². The Morgan fingerprint density at radius 2 is 2.21 bits per heavy atom. The van der Waals surface area contributed by atoms with Crippen molar-refractivity contribution < 1.29 is 9.53 Å². The van der Waals surface area contributed by atoms with Gasteiger partial charge in [0.25, 0.3) is 0 Å². The molecule has 0 amide bonds. The molecule has 1 saturated heterocycles. The van der Waals surface area contributed by atoms with E-state index in [4.69, 9.17) is 9.73 Å². The van der Waals surface area contributed by atoms with E-state index in [1.807, 2.05) is 6.92 Å². The molecule has 1 aliphatic rings. The number of unbranched alkanes of at least 4 members (excludes halogenated alkanes) is 1. The van der Waals surface area contributed by atoms with E-state index in [1.54, 1.807) is 6.33 Å². The van der Waals surface area contributed by atoms with E-state index in [0.717, 1.165) is 70.1 Å². The number of hydrogen-bond acceptors (Lipinski definition) is 5. The largest absolute Gasteiger partial charge is 0.466 e. The van der Waals surface area contributed by atoms with Gasteiger partial charge in [-0.3, -0.25) is 9.79 Å². The van der Waals surface area contributed by atoms with Gasteiger partial charge in [-0.05, 0) is 26.2 Å². The lowest BCUT2D eigenvalue weighted by atomic mass is 9.98. The van der Waals surface area contributed by atoms with Gasteiger partial charge >= 0.3 is 5.97 Å². The molecule has 1 aromatic heterocycles. The third-order valence-corrected chi connectivity index (χ3v) is 4.76. The Morgan fingerprint density at radius 1 is 1.39 bits per heavy atom. The molecule has 1 N–H and O–H groups in total. The smallest absolute Gasteiger partial charge is 0.310 e. The number of esters is 1. The van der Waals surface area contributed by atoms with Crippen LogP contribution in [0.2, 0.25) is 0 Å². The van der Waals surface area contributed by atoms with Crippen molar-refractivity contribution in [3.63, 3.8) is 0 Å². The predicted molar refractivity (Wildman–Crippen MR) is 121 cm³/mol. The molecule has 0 spiro atoms. The number of nitrogens with one attached hydrogen (secondary N) is 1. The molecule has 0 saturated carbocycles. The second-order valence-electron chi connectivity index (χ2n) is 6.82. The maximum Gasteiger partial charge on any atom is 0.310 e. The summed E-state index contributed by atoms with van der Waals surface area (Å²) in [6.07, 6.45) is 6.67. The Hall–Kier alpha value is -1.39. The van der Waals surface area contributed by atoms with Crippen LogP contribution in [0.3, 0.4) is 0 Å². The van der Waals surface area contributed by atoms with E-state index in [9.17, 15) is 4.79 Å². The molecule has 0 radical (unpaired) electrons. The Balaban J connectivity index is 0.00000392. The van der Waals surface area contributed by atoms with Crippen molar-refractivity contribution in [3.05, 3.63) is 12.2 Å². The number of carbonyl (C=O) groups is 1. The Kier molecular flexibility index (Phi) is 12.1. The summed E-state index contributed by atoms with van der Waals surface area (Å²) in [5.41, 5.74) is 0. The van der Waals surface area contributed by atoms with Crippen LogP contribution in [0, 0.1) is 5.92 Å². The SMILES string of the molecule is CCCCN=C(NCCn1cnnc1CC)N1CCCC(C(=O)OCC)C1.I. The molecule has 9 heteroatoms. The summed E-state index contributed by atoms with van der Waals surface area (Å²) in [5.74, 6) is 1.72. The first-order chi connectivity index (χ1) is 13.2. The number of likely N-dealkylation sites (tertiary alicyclic amines) is 1. The molecule has 0 aromatic carbocycles. The summed E-state index contributed by atoms with van der Waals surface area (Å²) in [6.45, 7) is 10.5. The molecule has 160 valence electrons. The van der Waals surface area contributed by atoms with Gasteiger partial charge in [0.1, 0.15) is 12.2 Å². The monoisotopic (exact) mass is 506 g/mol. The first-order valence-electron chi connectivity index (χ1n) is 10.3. The van der Waals surface area contributed by atoms with Crippen molar-refractivity contribution in [2.45, 2.75) is 59.4 Å². The molecule has 28 heavy (non-hydrogen) atoms. The minimum atomic E-state index is -0.0906. The third kappa shape index (κ3) is 7.56. The third-order valence-electron chi connectivity index (χ3n) is 4.76. The van der Waals surface area contributed by atoms with Gasteiger partial charge in [0.05, 0.1) is 12.5 Å². The van der Waals surface area contributed by atoms with Crippen molar-refractivity contribution in [1.29, 1.82) is 0 Å². The Bertz CT molecular complexity index is 607. The summed E-state index contributed by atoms with van der Waals surface area (Å²) >= 11 is 0. The fourth-order valence-corrected chi connectivity index (χ4v) is 3.26. The molecule has 0 aliphatic carbocycles. The summed E-state index contributed by atoms with van der Waals surface area (Å²) in [6, 6.07) is 0. The number of ether oxygens (including phenoxy) is 1. The van der Waals surface area contributed by atoms with Crippen LogP contribution in [-0.2, 0) is 22.5 Å². The average Bonchev–Trinajstić information content (AvgIpc) is 3.14. The number of aryl methyl sites for hydroxylation is 1. The van der Waals surface area contributed by atoms with Crippen LogP contribution in [0.1, 0.15) is 52.3 Å². The van der Waals surface area contributed by atoms with Gasteiger partial charge in [-0.25, -0.2) is 0 Å². The maximum absolute atomic E-state index is 12.1. The molecule has 1 aliphatic heterocycles. The Morgan fingerprint density at radius 3 is 2.93 bits per heavy atom. The number of nitrogens with zero attached hydrogens (tertiary/aromatic N) is 5. The normalized spacial score (nSPS) is 17.2. The van der Waals surface area contributed by atoms with Crippen molar-refractivity contribution in [3.8, 4) is 0 Å². The fraction of sp³-hybridized carbons (Fsp3) is 0.789. The van der Waals surface area contributed by atoms with Gasteiger partial charge in [0, 0.05) is 39.1 Å². The highest BCUT2D eigenvalue weighted by molar-refractivity contribution is 14.0. The fourth-order valence-electron chi connectivity index (χ4n) is 3.26. The average molecular weight is 506 g/mol. The van der Waals surface area contributed by atoms with E-state index < -0.39 is 0 Å². The number of hydrogen-bond donors (Lipinski definition) is 1. The van der Waals surface area contributed by atoms with Gasteiger partial charge in [-0.2, -0.15) is 0 Å². The summed E-state index contributed by atoms with van der Waals surface area (Å²) < 4.78 is 7.28. The van der Waals surface area contributed by atoms with E-state index in [-0.39, 0.29) is 35.9 Å². The number of guanidine groups is 1. The molecular weight excluding hydrogens is 471 g/mol. The van der Waals surface area contributed by atoms with Crippen LogP contribution in [0.5, 0.6) is 0 Å². The summed E-state index contributed by atoms with van der Waals surface area (Å²) in [4.78, 5) is 19.1. The molecule has 1 unspecified atom stereocenters. The first kappa shape index (κ1) is 24.6. The number of carbonyl (C=O) groups excluding carboxylic acids is 1. The standard InChI is InChI=1S/C19H34N6O2.HI/c1-4-7-10-20-19(21-11-13-25-15-22-23-17(25)5-2)24-12-8-9-16(14-24)18(26)27-6-3;/h15-16H,4-14H2,1-3H3,(H,20,21);1H. The van der Waals surface area contributed by atoms with Gasteiger partial charge < -0.3 is 19.5 Å². The van der Waals surface area contributed by atoms with Crippen LogP contribution >= 0.6 is 24.0 Å². The maximum atomic E-state index is 12.1. The number of aromatic nitrogens is 3. The number of aliphatic imine (C=N–C) groups is 1. The zero-order chi connectivity index (χ0) is 19.5. The highest BCUT2D eigenvalue weighted by Gasteiger charge is 2.28. The van der Waals surface area contributed by atoms with Gasteiger partial charge in [0.2, 0.25) is 0 Å². The number of rotatable bonds is 9. The molecule has 2 rings (SSSR count). The second-order valence-corrected chi connectivity index (χ2v) is 6.82. The zero-order valence-electron chi connectivity index (χ0n) is 17.4. The van der Waals surface area contributed by atoms with Crippen LogP contribution in [0.4, 0.5) is 0 Å². The lowest BCUT2D eigenvalue weighted by Crippen LogP contribution is -2.49. The molecular formula is C19H35IN6O2. The quantitative estimate of drug-likeness (QED) is 0.182. The highest BCUT2D eigenvalue weighted by atomic mass is 127.